The number of ether oxygens (including phenoxy) is 1. The summed E-state index contributed by atoms with van der Waals surface area (Å²) < 4.78 is 5.16. The standard InChI is InChI=1S/C12H23N3O2/c1-2-17-10-12(16)15-7-5-14(6-8-15)11-3-4-13-9-11/h11,13H,2-10H2,1H3. The third kappa shape index (κ3) is 3.40. The van der Waals surface area contributed by atoms with Crippen LogP contribution in [0.4, 0.5) is 0 Å². The van der Waals surface area contributed by atoms with Gasteiger partial charge in [-0.25, -0.2) is 0 Å². The Morgan fingerprint density at radius 1 is 1.35 bits per heavy atom. The summed E-state index contributed by atoms with van der Waals surface area (Å²) in [5, 5.41) is 3.39. The van der Waals surface area contributed by atoms with Gasteiger partial charge in [0.2, 0.25) is 5.91 Å². The summed E-state index contributed by atoms with van der Waals surface area (Å²) in [5.74, 6) is 0.135. The molecule has 0 aromatic rings. The molecule has 1 unspecified atom stereocenters. The van der Waals surface area contributed by atoms with Crippen LogP contribution in [0, 0.1) is 0 Å². The van der Waals surface area contributed by atoms with Crippen LogP contribution in [-0.4, -0.2) is 74.2 Å². The Balaban J connectivity index is 1.71. The Morgan fingerprint density at radius 2 is 2.12 bits per heavy atom. The normalized spacial score (nSPS) is 26.4. The van der Waals surface area contributed by atoms with Crippen molar-refractivity contribution in [1.29, 1.82) is 0 Å². The number of hydrogen-bond acceptors (Lipinski definition) is 4. The number of rotatable bonds is 4. The highest BCUT2D eigenvalue weighted by atomic mass is 16.5. The molecule has 1 N–H and O–H groups in total. The van der Waals surface area contributed by atoms with Gasteiger partial charge in [-0.2, -0.15) is 0 Å². The monoisotopic (exact) mass is 241 g/mol. The Kier molecular flexibility index (Phi) is 4.76. The summed E-state index contributed by atoms with van der Waals surface area (Å²) in [5.41, 5.74) is 0. The predicted molar refractivity (Wildman–Crippen MR) is 65.9 cm³/mol. The van der Waals surface area contributed by atoms with Crippen LogP contribution in [0.2, 0.25) is 0 Å². The molecule has 98 valence electrons. The van der Waals surface area contributed by atoms with Gasteiger partial charge in [0.15, 0.2) is 0 Å². The summed E-state index contributed by atoms with van der Waals surface area (Å²) in [6.45, 7) is 8.71. The van der Waals surface area contributed by atoms with E-state index in [-0.39, 0.29) is 12.5 Å². The fourth-order valence-electron chi connectivity index (χ4n) is 2.57. The highest BCUT2D eigenvalue weighted by Crippen LogP contribution is 2.11. The molecule has 0 saturated carbocycles. The minimum atomic E-state index is 0.135. The quantitative estimate of drug-likeness (QED) is 0.723. The van der Waals surface area contributed by atoms with Crippen molar-refractivity contribution in [2.24, 2.45) is 0 Å². The molecule has 17 heavy (non-hydrogen) atoms. The number of carbonyl (C=O) groups excluding carboxylic acids is 1. The molecule has 0 aliphatic carbocycles. The molecule has 5 heteroatoms. The van der Waals surface area contributed by atoms with E-state index in [1.165, 1.54) is 6.42 Å². The SMILES string of the molecule is CCOCC(=O)N1CCN(C2CCNC2)CC1. The predicted octanol–water partition coefficient (Wildman–Crippen LogP) is -0.471. The maximum Gasteiger partial charge on any atom is 0.248 e. The number of hydrogen-bond donors (Lipinski definition) is 1. The van der Waals surface area contributed by atoms with Crippen molar-refractivity contribution < 1.29 is 9.53 Å². The van der Waals surface area contributed by atoms with Crippen LogP contribution < -0.4 is 5.32 Å². The van der Waals surface area contributed by atoms with E-state index in [0.717, 1.165) is 39.3 Å². The molecule has 0 aromatic carbocycles. The van der Waals surface area contributed by atoms with E-state index >= 15 is 0 Å². The molecule has 1 amide bonds. The molecule has 0 radical (unpaired) electrons. The van der Waals surface area contributed by atoms with Crippen LogP contribution in [0.3, 0.4) is 0 Å². The molecule has 0 bridgehead atoms. The summed E-state index contributed by atoms with van der Waals surface area (Å²) >= 11 is 0. The number of piperazine rings is 1. The van der Waals surface area contributed by atoms with Gasteiger partial charge in [-0.1, -0.05) is 0 Å². The molecule has 2 aliphatic heterocycles. The number of nitrogens with one attached hydrogen (secondary N) is 1. The average molecular weight is 241 g/mol. The van der Waals surface area contributed by atoms with Crippen molar-refractivity contribution in [2.45, 2.75) is 19.4 Å². The van der Waals surface area contributed by atoms with Crippen molar-refractivity contribution in [1.82, 2.24) is 15.1 Å². The van der Waals surface area contributed by atoms with Gasteiger partial charge in [0, 0.05) is 45.4 Å². The molecule has 5 nitrogen and oxygen atoms in total. The molecule has 2 rings (SSSR count). The van der Waals surface area contributed by atoms with E-state index in [4.69, 9.17) is 4.74 Å². The maximum absolute atomic E-state index is 11.8. The first-order valence-electron chi connectivity index (χ1n) is 6.61. The summed E-state index contributed by atoms with van der Waals surface area (Å²) in [6.07, 6.45) is 1.24. The third-order valence-electron chi connectivity index (χ3n) is 3.65. The maximum atomic E-state index is 11.8. The Morgan fingerprint density at radius 3 is 2.71 bits per heavy atom. The van der Waals surface area contributed by atoms with Gasteiger partial charge in [0.05, 0.1) is 0 Å². The minimum Gasteiger partial charge on any atom is -0.372 e. The van der Waals surface area contributed by atoms with Gasteiger partial charge >= 0.3 is 0 Å². The van der Waals surface area contributed by atoms with Gasteiger partial charge < -0.3 is 15.0 Å². The van der Waals surface area contributed by atoms with E-state index in [2.05, 4.69) is 10.2 Å². The van der Waals surface area contributed by atoms with Crippen LogP contribution in [-0.2, 0) is 9.53 Å². The second-order valence-corrected chi connectivity index (χ2v) is 4.70. The van der Waals surface area contributed by atoms with E-state index in [0.29, 0.717) is 12.6 Å². The lowest BCUT2D eigenvalue weighted by Gasteiger charge is -2.37. The number of nitrogens with zero attached hydrogens (tertiary/aromatic N) is 2. The molecule has 0 spiro atoms. The smallest absolute Gasteiger partial charge is 0.248 e. The van der Waals surface area contributed by atoms with Crippen LogP contribution in [0.25, 0.3) is 0 Å². The summed E-state index contributed by atoms with van der Waals surface area (Å²) in [4.78, 5) is 16.2. The zero-order chi connectivity index (χ0) is 12.1. The molecule has 2 aliphatic rings. The first-order valence-corrected chi connectivity index (χ1v) is 6.61. The van der Waals surface area contributed by atoms with Crippen LogP contribution in [0.1, 0.15) is 13.3 Å². The van der Waals surface area contributed by atoms with Crippen LogP contribution >= 0.6 is 0 Å². The van der Waals surface area contributed by atoms with Gasteiger partial charge in [0.1, 0.15) is 6.61 Å². The minimum absolute atomic E-state index is 0.135. The second-order valence-electron chi connectivity index (χ2n) is 4.70. The molecule has 2 heterocycles. The van der Waals surface area contributed by atoms with Crippen molar-refractivity contribution in [3.63, 3.8) is 0 Å². The third-order valence-corrected chi connectivity index (χ3v) is 3.65. The Labute approximate surface area is 103 Å². The lowest BCUT2D eigenvalue weighted by molar-refractivity contribution is -0.138. The largest absolute Gasteiger partial charge is 0.372 e. The second kappa shape index (κ2) is 6.33. The molecule has 1 atom stereocenters. The van der Waals surface area contributed by atoms with Crippen molar-refractivity contribution in [3.05, 3.63) is 0 Å². The molecule has 2 fully saturated rings. The van der Waals surface area contributed by atoms with Crippen LogP contribution in [0.5, 0.6) is 0 Å². The first kappa shape index (κ1) is 12.8. The van der Waals surface area contributed by atoms with E-state index < -0.39 is 0 Å². The van der Waals surface area contributed by atoms with E-state index in [1.54, 1.807) is 0 Å². The highest BCUT2D eigenvalue weighted by Gasteiger charge is 2.27. The zero-order valence-electron chi connectivity index (χ0n) is 10.7. The summed E-state index contributed by atoms with van der Waals surface area (Å²) in [6, 6.07) is 0.680. The molecular weight excluding hydrogens is 218 g/mol. The topological polar surface area (TPSA) is 44.8 Å². The fraction of sp³-hybridized carbons (Fsp3) is 0.917. The fourth-order valence-corrected chi connectivity index (χ4v) is 2.57. The summed E-state index contributed by atoms with van der Waals surface area (Å²) in [7, 11) is 0. The lowest BCUT2D eigenvalue weighted by atomic mass is 10.2. The average Bonchev–Trinajstić information content (AvgIpc) is 2.90. The van der Waals surface area contributed by atoms with Crippen molar-refractivity contribution >= 4 is 5.91 Å². The van der Waals surface area contributed by atoms with Gasteiger partial charge in [-0.3, -0.25) is 9.69 Å². The molecule has 2 saturated heterocycles. The number of amides is 1. The highest BCUT2D eigenvalue weighted by molar-refractivity contribution is 5.77. The Hall–Kier alpha value is -0.650. The lowest BCUT2D eigenvalue weighted by Crippen LogP contribution is -2.53. The Bertz CT molecular complexity index is 246. The van der Waals surface area contributed by atoms with Gasteiger partial charge in [-0.15, -0.1) is 0 Å². The zero-order valence-corrected chi connectivity index (χ0v) is 10.7. The number of carbonyl (C=O) groups is 1. The van der Waals surface area contributed by atoms with E-state index in [1.807, 2.05) is 11.8 Å². The first-order chi connectivity index (χ1) is 8.31. The van der Waals surface area contributed by atoms with Gasteiger partial charge in [-0.05, 0) is 19.9 Å². The van der Waals surface area contributed by atoms with E-state index in [9.17, 15) is 4.79 Å². The van der Waals surface area contributed by atoms with Crippen molar-refractivity contribution in [3.8, 4) is 0 Å². The van der Waals surface area contributed by atoms with Gasteiger partial charge in [0.25, 0.3) is 0 Å². The molecule has 0 aromatic heterocycles. The van der Waals surface area contributed by atoms with Crippen LogP contribution in [0.15, 0.2) is 0 Å². The van der Waals surface area contributed by atoms with Crippen molar-refractivity contribution in [2.75, 3.05) is 52.5 Å². The molecular formula is C12H23N3O2.